The molecule has 3 rings (SSSR count). The van der Waals surface area contributed by atoms with Crippen LogP contribution in [0.25, 0.3) is 10.9 Å². The first-order valence-corrected chi connectivity index (χ1v) is 12.2. The van der Waals surface area contributed by atoms with E-state index in [9.17, 15) is 4.79 Å². The highest BCUT2D eigenvalue weighted by Crippen LogP contribution is 2.31. The van der Waals surface area contributed by atoms with Crippen LogP contribution in [0.3, 0.4) is 0 Å². The molecule has 0 bridgehead atoms. The van der Waals surface area contributed by atoms with E-state index in [1.165, 1.54) is 0 Å². The lowest BCUT2D eigenvalue weighted by Crippen LogP contribution is -2.33. The molecule has 1 amide bonds. The Bertz CT molecular complexity index is 762. The second-order valence-corrected chi connectivity index (χ2v) is 13.1. The summed E-state index contributed by atoms with van der Waals surface area (Å²) in [6.45, 7) is 8.84. The molecule has 1 aliphatic rings. The molecule has 0 fully saturated rings. The molecule has 5 nitrogen and oxygen atoms in total. The number of hydrogen-bond acceptors (Lipinski definition) is 3. The maximum Gasteiger partial charge on any atom is 0.268 e. The van der Waals surface area contributed by atoms with Crippen LogP contribution >= 0.6 is 0 Å². The van der Waals surface area contributed by atoms with Crippen molar-refractivity contribution in [3.05, 3.63) is 29.5 Å². The fraction of sp³-hybridized carbons (Fsp3) is 0.500. The third-order valence-electron chi connectivity index (χ3n) is 4.47. The third kappa shape index (κ3) is 3.35. The van der Waals surface area contributed by atoms with Gasteiger partial charge in [0.15, 0.2) is 0 Å². The summed E-state index contributed by atoms with van der Waals surface area (Å²) in [5, 5.41) is 4.03. The number of hydrogen-bond donors (Lipinski definition) is 1. The van der Waals surface area contributed by atoms with E-state index in [1.807, 2.05) is 22.8 Å². The number of ether oxygens (including phenoxy) is 2. The van der Waals surface area contributed by atoms with E-state index in [0.717, 1.165) is 47.0 Å². The summed E-state index contributed by atoms with van der Waals surface area (Å²) in [6, 6.07) is 7.09. The number of methoxy groups -OCH3 is 1. The van der Waals surface area contributed by atoms with Crippen LogP contribution in [-0.2, 0) is 17.9 Å². The molecule has 6 heteroatoms. The van der Waals surface area contributed by atoms with E-state index in [0.29, 0.717) is 13.3 Å². The van der Waals surface area contributed by atoms with Gasteiger partial charge >= 0.3 is 0 Å². The van der Waals surface area contributed by atoms with Gasteiger partial charge in [0.25, 0.3) is 5.91 Å². The van der Waals surface area contributed by atoms with Crippen LogP contribution in [-0.4, -0.2) is 38.8 Å². The highest BCUT2D eigenvalue weighted by atomic mass is 28.3. The fourth-order valence-corrected chi connectivity index (χ4v) is 3.85. The summed E-state index contributed by atoms with van der Waals surface area (Å²) >= 11 is 0. The van der Waals surface area contributed by atoms with Crippen molar-refractivity contribution in [2.75, 3.05) is 20.3 Å². The van der Waals surface area contributed by atoms with E-state index in [1.54, 1.807) is 7.11 Å². The fourth-order valence-electron chi connectivity index (χ4n) is 3.10. The molecule has 2 heterocycles. The first-order valence-electron chi connectivity index (χ1n) is 8.46. The van der Waals surface area contributed by atoms with Crippen molar-refractivity contribution in [3.8, 4) is 5.75 Å². The van der Waals surface area contributed by atoms with Crippen molar-refractivity contribution in [1.82, 2.24) is 9.88 Å². The largest absolute Gasteiger partial charge is 0.497 e. The molecule has 0 atom stereocenters. The molecule has 1 N–H and O–H groups in total. The van der Waals surface area contributed by atoms with Crippen molar-refractivity contribution >= 4 is 24.9 Å². The molecule has 0 radical (unpaired) electrons. The highest BCUT2D eigenvalue weighted by Gasteiger charge is 2.26. The number of fused-ring (bicyclic) bond motifs is 3. The Labute approximate surface area is 143 Å². The molecule has 1 aliphatic heterocycles. The van der Waals surface area contributed by atoms with Crippen molar-refractivity contribution in [3.63, 3.8) is 0 Å². The number of benzene rings is 1. The topological polar surface area (TPSA) is 52.5 Å². The number of carbonyl (C=O) groups is 1. The Morgan fingerprint density at radius 3 is 2.79 bits per heavy atom. The van der Waals surface area contributed by atoms with Gasteiger partial charge < -0.3 is 19.4 Å². The second kappa shape index (κ2) is 6.61. The van der Waals surface area contributed by atoms with Crippen molar-refractivity contribution in [2.24, 2.45) is 0 Å². The molecular formula is C18H26N2O3Si. The van der Waals surface area contributed by atoms with Crippen LogP contribution in [0.15, 0.2) is 18.2 Å². The zero-order valence-electron chi connectivity index (χ0n) is 14.9. The number of amides is 1. The van der Waals surface area contributed by atoms with Crippen LogP contribution in [0.2, 0.25) is 25.7 Å². The molecule has 0 saturated carbocycles. The SMILES string of the molecule is COc1ccc2c(c1)c1c(n2COCC[Si](C)(C)C)C(=O)NCC1. The van der Waals surface area contributed by atoms with E-state index in [2.05, 4.69) is 25.0 Å². The Morgan fingerprint density at radius 2 is 2.08 bits per heavy atom. The monoisotopic (exact) mass is 346 g/mol. The van der Waals surface area contributed by atoms with E-state index in [-0.39, 0.29) is 5.91 Å². The van der Waals surface area contributed by atoms with Crippen LogP contribution in [0.1, 0.15) is 16.1 Å². The van der Waals surface area contributed by atoms with Crippen LogP contribution in [0.5, 0.6) is 5.75 Å². The number of nitrogens with one attached hydrogen (secondary N) is 1. The maximum atomic E-state index is 12.4. The summed E-state index contributed by atoms with van der Waals surface area (Å²) in [6.07, 6.45) is 0.840. The van der Waals surface area contributed by atoms with Crippen molar-refractivity contribution in [2.45, 2.75) is 38.8 Å². The molecule has 24 heavy (non-hydrogen) atoms. The normalized spacial score (nSPS) is 14.6. The summed E-state index contributed by atoms with van der Waals surface area (Å²) in [4.78, 5) is 12.4. The van der Waals surface area contributed by atoms with Gasteiger partial charge in [-0.15, -0.1) is 0 Å². The third-order valence-corrected chi connectivity index (χ3v) is 6.17. The molecule has 1 aromatic heterocycles. The van der Waals surface area contributed by atoms with Gasteiger partial charge in [-0.2, -0.15) is 0 Å². The summed E-state index contributed by atoms with van der Waals surface area (Å²) in [7, 11) is 0.546. The minimum atomic E-state index is -1.12. The summed E-state index contributed by atoms with van der Waals surface area (Å²) in [5.74, 6) is 0.799. The molecule has 130 valence electrons. The van der Waals surface area contributed by atoms with Crippen molar-refractivity contribution in [1.29, 1.82) is 0 Å². The lowest BCUT2D eigenvalue weighted by molar-refractivity contribution is 0.0803. The molecule has 0 aliphatic carbocycles. The molecule has 0 spiro atoms. The molecular weight excluding hydrogens is 320 g/mol. The quantitative estimate of drug-likeness (QED) is 0.645. The first kappa shape index (κ1) is 17.0. The number of carbonyl (C=O) groups excluding carboxylic acids is 1. The van der Waals surface area contributed by atoms with Gasteiger partial charge in [-0.3, -0.25) is 4.79 Å². The first-order chi connectivity index (χ1) is 11.4. The molecule has 2 aromatic rings. The average molecular weight is 347 g/mol. The van der Waals surface area contributed by atoms with Crippen LogP contribution < -0.4 is 10.1 Å². The Morgan fingerprint density at radius 1 is 1.29 bits per heavy atom. The predicted molar refractivity (Wildman–Crippen MR) is 98.6 cm³/mol. The summed E-state index contributed by atoms with van der Waals surface area (Å²) in [5.41, 5.74) is 2.87. The second-order valence-electron chi connectivity index (χ2n) is 7.49. The smallest absolute Gasteiger partial charge is 0.268 e. The van der Waals surface area contributed by atoms with Gasteiger partial charge in [-0.25, -0.2) is 0 Å². The molecule has 0 saturated heterocycles. The van der Waals surface area contributed by atoms with Gasteiger partial charge in [-0.1, -0.05) is 19.6 Å². The average Bonchev–Trinajstić information content (AvgIpc) is 2.85. The zero-order valence-corrected chi connectivity index (χ0v) is 15.9. The van der Waals surface area contributed by atoms with Gasteiger partial charge in [0.05, 0.1) is 12.6 Å². The number of aromatic nitrogens is 1. The van der Waals surface area contributed by atoms with E-state index in [4.69, 9.17) is 9.47 Å². The number of rotatable bonds is 6. The van der Waals surface area contributed by atoms with E-state index < -0.39 is 8.07 Å². The molecule has 1 aromatic carbocycles. The highest BCUT2D eigenvalue weighted by molar-refractivity contribution is 6.76. The minimum Gasteiger partial charge on any atom is -0.497 e. The van der Waals surface area contributed by atoms with Crippen LogP contribution in [0, 0.1) is 0 Å². The van der Waals surface area contributed by atoms with Crippen LogP contribution in [0.4, 0.5) is 0 Å². The van der Waals surface area contributed by atoms with Gasteiger partial charge in [0.2, 0.25) is 0 Å². The Balaban J connectivity index is 1.94. The van der Waals surface area contributed by atoms with Crippen molar-refractivity contribution < 1.29 is 14.3 Å². The van der Waals surface area contributed by atoms with Gasteiger partial charge in [0, 0.05) is 26.6 Å². The lowest BCUT2D eigenvalue weighted by Gasteiger charge is -2.18. The van der Waals surface area contributed by atoms with E-state index >= 15 is 0 Å². The van der Waals surface area contributed by atoms with Gasteiger partial charge in [-0.05, 0) is 36.2 Å². The minimum absolute atomic E-state index is 0.0137. The number of nitrogens with zero attached hydrogens (tertiary/aromatic N) is 1. The Kier molecular flexibility index (Phi) is 4.69. The predicted octanol–water partition coefficient (Wildman–Crippen LogP) is 3.25. The van der Waals surface area contributed by atoms with Gasteiger partial charge in [0.1, 0.15) is 18.2 Å². The molecule has 0 unspecified atom stereocenters. The zero-order chi connectivity index (χ0) is 17.3. The Hall–Kier alpha value is -1.79. The standard InChI is InChI=1S/C18H26N2O3Si/c1-22-13-5-6-16-15(11-13)14-7-8-19-18(21)17(14)20(16)12-23-9-10-24(2,3)4/h5-6,11H,7-10,12H2,1-4H3,(H,19,21). The summed E-state index contributed by atoms with van der Waals surface area (Å²) < 4.78 is 13.3. The lowest BCUT2D eigenvalue weighted by atomic mass is 10.0. The maximum absolute atomic E-state index is 12.4.